The number of rotatable bonds is 6. The van der Waals surface area contributed by atoms with Crippen LogP contribution in [0.4, 0.5) is 0 Å². The number of hydrogen-bond acceptors (Lipinski definition) is 4. The molecular formula is C27H25N3O2. The number of fused-ring (bicyclic) bond motifs is 1. The van der Waals surface area contributed by atoms with Gasteiger partial charge in [0, 0.05) is 23.9 Å². The van der Waals surface area contributed by atoms with Crippen molar-refractivity contribution in [1.29, 1.82) is 0 Å². The van der Waals surface area contributed by atoms with Crippen LogP contribution in [0.1, 0.15) is 48.2 Å². The molecule has 2 aromatic carbocycles. The number of benzene rings is 2. The average molecular weight is 424 g/mol. The van der Waals surface area contributed by atoms with E-state index >= 15 is 0 Å². The minimum absolute atomic E-state index is 0.241. The molecule has 5 nitrogen and oxygen atoms in total. The molecule has 5 rings (SSSR count). The van der Waals surface area contributed by atoms with Crippen LogP contribution in [0.25, 0.3) is 16.9 Å². The number of aromatic hydroxyl groups is 1. The van der Waals surface area contributed by atoms with Gasteiger partial charge in [-0.15, -0.1) is 0 Å². The van der Waals surface area contributed by atoms with Crippen molar-refractivity contribution in [3.63, 3.8) is 0 Å². The summed E-state index contributed by atoms with van der Waals surface area (Å²) in [6.45, 7) is 4.37. The highest BCUT2D eigenvalue weighted by Gasteiger charge is 2.21. The largest absolute Gasteiger partial charge is 0.508 e. The Labute approximate surface area is 187 Å². The molecule has 0 amide bonds. The van der Waals surface area contributed by atoms with Crippen molar-refractivity contribution in [3.8, 4) is 17.0 Å². The molecule has 0 aliphatic rings. The van der Waals surface area contributed by atoms with Crippen molar-refractivity contribution < 1.29 is 9.52 Å². The van der Waals surface area contributed by atoms with Crippen LogP contribution in [-0.4, -0.2) is 19.5 Å². The number of furan rings is 1. The van der Waals surface area contributed by atoms with E-state index in [1.165, 1.54) is 5.56 Å². The lowest BCUT2D eigenvalue weighted by molar-refractivity contribution is 0.475. The third-order valence-corrected chi connectivity index (χ3v) is 5.64. The van der Waals surface area contributed by atoms with Gasteiger partial charge in [0.25, 0.3) is 0 Å². The first-order valence-electron chi connectivity index (χ1n) is 10.8. The van der Waals surface area contributed by atoms with Crippen LogP contribution in [-0.2, 0) is 12.8 Å². The number of nitrogens with zero attached hydrogens (tertiary/aromatic N) is 3. The molecular weight excluding hydrogens is 398 g/mol. The van der Waals surface area contributed by atoms with Crippen LogP contribution in [0.15, 0.2) is 83.6 Å². The smallest absolute Gasteiger partial charge is 0.159 e. The summed E-state index contributed by atoms with van der Waals surface area (Å²) < 4.78 is 7.80. The molecule has 0 saturated heterocycles. The normalized spacial score (nSPS) is 11.5. The number of phenols is 1. The van der Waals surface area contributed by atoms with Gasteiger partial charge < -0.3 is 9.52 Å². The van der Waals surface area contributed by atoms with E-state index in [1.807, 2.05) is 42.5 Å². The topological polar surface area (TPSA) is 63.6 Å². The second-order valence-corrected chi connectivity index (χ2v) is 8.33. The Morgan fingerprint density at radius 3 is 2.34 bits per heavy atom. The van der Waals surface area contributed by atoms with Crippen molar-refractivity contribution in [2.24, 2.45) is 0 Å². The average Bonchev–Trinajstić information content (AvgIpc) is 3.43. The van der Waals surface area contributed by atoms with Gasteiger partial charge in [0.1, 0.15) is 11.5 Å². The van der Waals surface area contributed by atoms with Crippen LogP contribution in [0, 0.1) is 0 Å². The summed E-state index contributed by atoms with van der Waals surface area (Å²) in [5.41, 5.74) is 6.96. The van der Waals surface area contributed by atoms with Crippen LogP contribution < -0.4 is 0 Å². The lowest BCUT2D eigenvalue weighted by Gasteiger charge is -2.12. The minimum Gasteiger partial charge on any atom is -0.508 e. The Kier molecular flexibility index (Phi) is 5.23. The summed E-state index contributed by atoms with van der Waals surface area (Å²) in [5, 5.41) is 9.72. The monoisotopic (exact) mass is 423 g/mol. The first-order chi connectivity index (χ1) is 15.6. The molecule has 0 saturated carbocycles. The van der Waals surface area contributed by atoms with Gasteiger partial charge in [-0.25, -0.2) is 9.97 Å². The minimum atomic E-state index is 0.241. The lowest BCUT2D eigenvalue weighted by Crippen LogP contribution is -2.04. The van der Waals surface area contributed by atoms with Gasteiger partial charge in [-0.05, 0) is 47.9 Å². The summed E-state index contributed by atoms with van der Waals surface area (Å²) in [6.07, 6.45) is 5.09. The van der Waals surface area contributed by atoms with E-state index < -0.39 is 0 Å². The number of phenolic OH excluding ortho intramolecular Hbond substituents is 1. The second kappa shape index (κ2) is 8.35. The molecule has 0 aliphatic heterocycles. The van der Waals surface area contributed by atoms with Crippen LogP contribution in [0.2, 0.25) is 0 Å². The highest BCUT2D eigenvalue weighted by molar-refractivity contribution is 5.63. The predicted molar refractivity (Wildman–Crippen MR) is 125 cm³/mol. The summed E-state index contributed by atoms with van der Waals surface area (Å²) in [6, 6.07) is 21.4. The quantitative estimate of drug-likeness (QED) is 0.364. The first-order valence-corrected chi connectivity index (χ1v) is 10.8. The molecule has 0 radical (unpaired) electrons. The highest BCUT2D eigenvalue weighted by Crippen LogP contribution is 2.29. The van der Waals surface area contributed by atoms with Crippen LogP contribution in [0.3, 0.4) is 0 Å². The maximum Gasteiger partial charge on any atom is 0.159 e. The predicted octanol–water partition coefficient (Wildman–Crippen LogP) is 6.00. The SMILES string of the molecule is CC(C)c1c(Cc2ccco2)nc2c(Cc3ccccc3)nc(-c3ccc(O)cc3)cn12. The molecule has 0 fully saturated rings. The van der Waals surface area contributed by atoms with Crippen molar-refractivity contribution in [3.05, 3.63) is 108 Å². The van der Waals surface area contributed by atoms with Crippen molar-refractivity contribution in [2.45, 2.75) is 32.6 Å². The van der Waals surface area contributed by atoms with Gasteiger partial charge in [0.05, 0.1) is 29.8 Å². The van der Waals surface area contributed by atoms with Crippen LogP contribution >= 0.6 is 0 Å². The summed E-state index contributed by atoms with van der Waals surface area (Å²) in [7, 11) is 0. The van der Waals surface area contributed by atoms with E-state index in [1.54, 1.807) is 18.4 Å². The molecule has 0 spiro atoms. The van der Waals surface area contributed by atoms with Crippen LogP contribution in [0.5, 0.6) is 5.75 Å². The third-order valence-electron chi connectivity index (χ3n) is 5.64. The fourth-order valence-electron chi connectivity index (χ4n) is 4.17. The van der Waals surface area contributed by atoms with Gasteiger partial charge in [0.15, 0.2) is 5.65 Å². The van der Waals surface area contributed by atoms with E-state index in [2.05, 4.69) is 36.6 Å². The standard InChI is InChI=1S/C27H25N3O2/c1-18(2)26-23(16-22-9-6-14-32-22)29-27-24(15-19-7-4-3-5-8-19)28-25(17-30(26)27)20-10-12-21(31)13-11-20/h3-14,17-18,31H,15-16H2,1-2H3. The Balaban J connectivity index is 1.71. The molecule has 0 unspecified atom stereocenters. The summed E-state index contributed by atoms with van der Waals surface area (Å²) in [5.74, 6) is 1.41. The summed E-state index contributed by atoms with van der Waals surface area (Å²) in [4.78, 5) is 10.1. The van der Waals surface area contributed by atoms with E-state index in [4.69, 9.17) is 14.4 Å². The van der Waals surface area contributed by atoms with Gasteiger partial charge in [-0.3, -0.25) is 4.40 Å². The van der Waals surface area contributed by atoms with E-state index in [9.17, 15) is 5.11 Å². The van der Waals surface area contributed by atoms with E-state index in [0.29, 0.717) is 12.8 Å². The molecule has 32 heavy (non-hydrogen) atoms. The Morgan fingerprint density at radius 1 is 0.875 bits per heavy atom. The van der Waals surface area contributed by atoms with Crippen molar-refractivity contribution in [1.82, 2.24) is 14.4 Å². The first kappa shape index (κ1) is 20.1. The van der Waals surface area contributed by atoms with E-state index in [0.717, 1.165) is 39.7 Å². The highest BCUT2D eigenvalue weighted by atomic mass is 16.3. The van der Waals surface area contributed by atoms with Gasteiger partial charge in [0.2, 0.25) is 0 Å². The maximum absolute atomic E-state index is 9.72. The molecule has 5 heteroatoms. The zero-order chi connectivity index (χ0) is 22.1. The van der Waals surface area contributed by atoms with Gasteiger partial charge >= 0.3 is 0 Å². The molecule has 160 valence electrons. The Hall–Kier alpha value is -3.86. The number of imidazole rings is 1. The molecule has 0 aliphatic carbocycles. The molecule has 1 N–H and O–H groups in total. The molecule has 5 aromatic rings. The fourth-order valence-corrected chi connectivity index (χ4v) is 4.17. The van der Waals surface area contributed by atoms with Gasteiger partial charge in [-0.2, -0.15) is 0 Å². The maximum atomic E-state index is 9.72. The Morgan fingerprint density at radius 2 is 1.66 bits per heavy atom. The Bertz CT molecular complexity index is 1340. The summed E-state index contributed by atoms with van der Waals surface area (Å²) >= 11 is 0. The zero-order valence-electron chi connectivity index (χ0n) is 18.2. The zero-order valence-corrected chi connectivity index (χ0v) is 18.2. The molecule has 0 bridgehead atoms. The lowest BCUT2D eigenvalue weighted by atomic mass is 10.1. The molecule has 3 heterocycles. The number of aromatic nitrogens is 3. The second-order valence-electron chi connectivity index (χ2n) is 8.33. The fraction of sp³-hybridized carbons (Fsp3) is 0.185. The van der Waals surface area contributed by atoms with E-state index in [-0.39, 0.29) is 11.7 Å². The van der Waals surface area contributed by atoms with Crippen molar-refractivity contribution in [2.75, 3.05) is 0 Å². The number of hydrogen-bond donors (Lipinski definition) is 1. The van der Waals surface area contributed by atoms with Gasteiger partial charge in [-0.1, -0.05) is 44.2 Å². The van der Waals surface area contributed by atoms with Crippen molar-refractivity contribution >= 4 is 5.65 Å². The molecule has 3 aromatic heterocycles. The molecule has 0 atom stereocenters. The third kappa shape index (κ3) is 3.89.